The summed E-state index contributed by atoms with van der Waals surface area (Å²) >= 11 is 0. The van der Waals surface area contributed by atoms with Crippen LogP contribution in [-0.2, 0) is 0 Å². The molecule has 0 aliphatic heterocycles. The van der Waals surface area contributed by atoms with Crippen LogP contribution in [0.25, 0.3) is 0 Å². The summed E-state index contributed by atoms with van der Waals surface area (Å²) in [6.07, 6.45) is 0. The van der Waals surface area contributed by atoms with Crippen molar-refractivity contribution in [3.05, 3.63) is 0 Å². The monoisotopic (exact) mass is 81.1 g/mol. The zero-order valence-electron chi connectivity index (χ0n) is 4.10. The third-order valence-electron chi connectivity index (χ3n) is 0.333. The molecule has 2 nitrogen and oxygen atoms in total. The molecule has 0 aromatic heterocycles. The zero-order valence-corrected chi connectivity index (χ0v) is 4.10. The molecular formula is C2H7B2N2. The first kappa shape index (κ1) is 6.05. The van der Waals surface area contributed by atoms with E-state index in [-0.39, 0.29) is 0 Å². The number of nitrogens with zero attached hydrogens (tertiary/aromatic N) is 1. The third-order valence-corrected chi connectivity index (χ3v) is 0.333. The molecule has 0 saturated carbocycles. The minimum Gasteiger partial charge on any atom is -0.386 e. The highest BCUT2D eigenvalue weighted by Crippen LogP contribution is 1.54. The van der Waals surface area contributed by atoms with Crippen molar-refractivity contribution in [2.45, 2.75) is 0 Å². The van der Waals surface area contributed by atoms with Gasteiger partial charge in [0.2, 0.25) is 0 Å². The van der Waals surface area contributed by atoms with Gasteiger partial charge in [0.25, 0.3) is 7.55 Å². The molecule has 6 heavy (non-hydrogen) atoms. The van der Waals surface area contributed by atoms with Crippen LogP contribution < -0.4 is 5.23 Å². The predicted molar refractivity (Wildman–Crippen MR) is 28.3 cm³/mol. The number of hydrogen-bond donors (Lipinski definition) is 1. The molecule has 0 rings (SSSR count). The molecule has 0 spiro atoms. The van der Waals surface area contributed by atoms with Crippen LogP contribution in [0.5, 0.6) is 0 Å². The Morgan fingerprint density at radius 1 is 1.83 bits per heavy atom. The van der Waals surface area contributed by atoms with Crippen molar-refractivity contribution in [1.29, 1.82) is 0 Å². The van der Waals surface area contributed by atoms with Gasteiger partial charge >= 0.3 is 0 Å². The number of hydrogen-bond acceptors (Lipinski definition) is 2. The Labute approximate surface area is 40.6 Å². The molecule has 0 aliphatic carbocycles. The average molecular weight is 80.7 g/mol. The molecule has 31 valence electrons. The van der Waals surface area contributed by atoms with Gasteiger partial charge in [-0.1, -0.05) is 0 Å². The predicted octanol–water partition coefficient (Wildman–Crippen LogP) is -1.24. The lowest BCUT2D eigenvalue weighted by Crippen LogP contribution is -2.30. The summed E-state index contributed by atoms with van der Waals surface area (Å²) in [6, 6.07) is 0. The minimum absolute atomic E-state index is 1.44. The summed E-state index contributed by atoms with van der Waals surface area (Å²) in [5, 5.41) is 2.74. The van der Waals surface area contributed by atoms with Crippen LogP contribution in [0.15, 0.2) is 0 Å². The van der Waals surface area contributed by atoms with Crippen molar-refractivity contribution in [2.75, 3.05) is 14.1 Å². The van der Waals surface area contributed by atoms with Crippen LogP contribution in [0.1, 0.15) is 0 Å². The normalized spacial score (nSPS) is 9.17. The Kier molecular flexibility index (Phi) is 3.27. The topological polar surface area (TPSA) is 15.3 Å². The van der Waals surface area contributed by atoms with Crippen LogP contribution in [0, 0.1) is 0 Å². The van der Waals surface area contributed by atoms with Gasteiger partial charge < -0.3 is 9.95 Å². The van der Waals surface area contributed by atoms with Crippen molar-refractivity contribution in [1.82, 2.24) is 9.95 Å². The second kappa shape index (κ2) is 3.25. The zero-order chi connectivity index (χ0) is 4.99. The second-order valence-corrected chi connectivity index (χ2v) is 1.08. The van der Waals surface area contributed by atoms with Gasteiger partial charge in [0.15, 0.2) is 7.98 Å². The van der Waals surface area contributed by atoms with Crippen molar-refractivity contribution >= 4 is 15.5 Å². The summed E-state index contributed by atoms with van der Waals surface area (Å²) in [4.78, 5) is 0. The van der Waals surface area contributed by atoms with Crippen molar-refractivity contribution < 1.29 is 0 Å². The quantitative estimate of drug-likeness (QED) is 0.418. The molecule has 0 atom stereocenters. The standard InChI is InChI=1S/C2H7B2N2/c1-5-4-6(2)3/h5H,1-2H3. The smallest absolute Gasteiger partial charge is 0.296 e. The van der Waals surface area contributed by atoms with E-state index in [4.69, 9.17) is 7.98 Å². The van der Waals surface area contributed by atoms with Crippen LogP contribution in [0.3, 0.4) is 0 Å². The lowest BCUT2D eigenvalue weighted by molar-refractivity contribution is 0.841. The van der Waals surface area contributed by atoms with Crippen LogP contribution in [0.2, 0.25) is 0 Å². The highest BCUT2D eigenvalue weighted by Gasteiger charge is 1.83. The fraction of sp³-hybridized carbons (Fsp3) is 1.00. The van der Waals surface area contributed by atoms with Crippen molar-refractivity contribution in [3.8, 4) is 0 Å². The molecule has 0 aliphatic rings. The van der Waals surface area contributed by atoms with Gasteiger partial charge in [-0.05, 0) is 14.1 Å². The molecule has 0 aromatic rings. The molecule has 4 heteroatoms. The molecule has 0 heterocycles. The molecular weight excluding hydrogens is 73.7 g/mol. The van der Waals surface area contributed by atoms with E-state index >= 15 is 0 Å². The maximum absolute atomic E-state index is 5.12. The molecule has 3 radical (unpaired) electrons. The SMILES string of the molecule is [B]N(C)[B]NC. The second-order valence-electron chi connectivity index (χ2n) is 1.08. The Bertz CT molecular complexity index is 30.7. The lowest BCUT2D eigenvalue weighted by Gasteiger charge is -2.02. The molecule has 0 unspecified atom stereocenters. The van der Waals surface area contributed by atoms with E-state index in [0.29, 0.717) is 0 Å². The van der Waals surface area contributed by atoms with Gasteiger partial charge in [-0.25, -0.2) is 0 Å². The van der Waals surface area contributed by atoms with E-state index in [0.717, 1.165) is 0 Å². The average Bonchev–Trinajstić information content (AvgIpc) is 1.35. The first-order valence-electron chi connectivity index (χ1n) is 1.75. The van der Waals surface area contributed by atoms with Gasteiger partial charge in [0.1, 0.15) is 0 Å². The molecule has 0 bridgehead atoms. The first-order valence-corrected chi connectivity index (χ1v) is 1.75. The van der Waals surface area contributed by atoms with Gasteiger partial charge in [0.05, 0.1) is 0 Å². The van der Waals surface area contributed by atoms with Gasteiger partial charge in [-0.2, -0.15) is 0 Å². The summed E-state index contributed by atoms with van der Waals surface area (Å²) < 4.78 is 1.44. The maximum Gasteiger partial charge on any atom is 0.296 e. The van der Waals surface area contributed by atoms with E-state index in [2.05, 4.69) is 5.23 Å². The Morgan fingerprint density at radius 2 is 2.33 bits per heavy atom. The van der Waals surface area contributed by atoms with E-state index in [9.17, 15) is 0 Å². The molecule has 0 amide bonds. The minimum atomic E-state index is 1.44. The van der Waals surface area contributed by atoms with E-state index in [1.807, 2.05) is 0 Å². The summed E-state index contributed by atoms with van der Waals surface area (Å²) in [5.41, 5.74) is 0. The highest BCUT2D eigenvalue weighted by molar-refractivity contribution is 6.38. The Balaban J connectivity index is 2.63. The van der Waals surface area contributed by atoms with E-state index in [1.165, 1.54) is 4.72 Å². The Morgan fingerprint density at radius 3 is 2.33 bits per heavy atom. The van der Waals surface area contributed by atoms with Crippen molar-refractivity contribution in [3.63, 3.8) is 0 Å². The largest absolute Gasteiger partial charge is 0.386 e. The van der Waals surface area contributed by atoms with Gasteiger partial charge in [0, 0.05) is 0 Å². The van der Waals surface area contributed by atoms with Crippen LogP contribution >= 0.6 is 0 Å². The van der Waals surface area contributed by atoms with Gasteiger partial charge in [-0.3, -0.25) is 0 Å². The number of rotatable bonds is 2. The van der Waals surface area contributed by atoms with Crippen molar-refractivity contribution in [2.24, 2.45) is 0 Å². The highest BCUT2D eigenvalue weighted by atomic mass is 15.0. The summed E-state index contributed by atoms with van der Waals surface area (Å²) in [6.45, 7) is 0. The maximum atomic E-state index is 5.12. The van der Waals surface area contributed by atoms with E-state index in [1.54, 1.807) is 21.6 Å². The summed E-state index contributed by atoms with van der Waals surface area (Å²) in [5.74, 6) is 0. The molecule has 0 saturated heterocycles. The fourth-order valence-corrected chi connectivity index (χ4v) is 0.204. The van der Waals surface area contributed by atoms with E-state index < -0.39 is 0 Å². The summed E-state index contributed by atoms with van der Waals surface area (Å²) in [7, 11) is 10.3. The van der Waals surface area contributed by atoms with Crippen LogP contribution in [0.4, 0.5) is 0 Å². The lowest BCUT2D eigenvalue weighted by atomic mass is 10.1. The molecule has 0 aromatic carbocycles. The Hall–Kier alpha value is 0.0499. The molecule has 1 N–H and O–H groups in total. The third kappa shape index (κ3) is 4.05. The number of nitrogens with one attached hydrogen (secondary N) is 1. The first-order chi connectivity index (χ1) is 2.77. The van der Waals surface area contributed by atoms with Crippen LogP contribution in [-0.4, -0.2) is 34.3 Å². The van der Waals surface area contributed by atoms with Gasteiger partial charge in [-0.15, -0.1) is 0 Å². The fourth-order valence-electron chi connectivity index (χ4n) is 0.204. The molecule has 0 fully saturated rings.